The van der Waals surface area contributed by atoms with Gasteiger partial charge in [0.05, 0.1) is 32.6 Å². The van der Waals surface area contributed by atoms with Gasteiger partial charge in [-0.2, -0.15) is 0 Å². The molecule has 0 bridgehead atoms. The number of hydrogen-bond donors (Lipinski definition) is 1. The van der Waals surface area contributed by atoms with Gasteiger partial charge in [-0.15, -0.1) is 11.3 Å². The molecule has 140 valence electrons. The molecule has 26 heavy (non-hydrogen) atoms. The van der Waals surface area contributed by atoms with E-state index in [-0.39, 0.29) is 12.5 Å². The number of rotatable bonds is 8. The molecule has 2 aromatic rings. The van der Waals surface area contributed by atoms with Crippen molar-refractivity contribution in [3.8, 4) is 11.5 Å². The van der Waals surface area contributed by atoms with E-state index in [1.807, 2.05) is 17.5 Å². The monoisotopic (exact) mass is 377 g/mol. The Morgan fingerprint density at radius 3 is 2.85 bits per heavy atom. The quantitative estimate of drug-likeness (QED) is 0.755. The Morgan fingerprint density at radius 1 is 1.31 bits per heavy atom. The van der Waals surface area contributed by atoms with Gasteiger partial charge in [-0.1, -0.05) is 12.1 Å². The third-order valence-electron chi connectivity index (χ3n) is 3.95. The Morgan fingerprint density at radius 2 is 2.08 bits per heavy atom. The Bertz CT molecular complexity index is 716. The third kappa shape index (κ3) is 5.42. The highest BCUT2D eigenvalue weighted by Crippen LogP contribution is 2.25. The normalized spacial score (nSPS) is 14.8. The second-order valence-electron chi connectivity index (χ2n) is 5.84. The fourth-order valence-corrected chi connectivity index (χ4v) is 3.32. The molecule has 0 spiro atoms. The second-order valence-corrected chi connectivity index (χ2v) is 6.78. The van der Waals surface area contributed by atoms with Crippen molar-refractivity contribution in [1.29, 1.82) is 0 Å². The predicted octanol–water partition coefficient (Wildman–Crippen LogP) is 1.68. The van der Waals surface area contributed by atoms with Gasteiger partial charge in [-0.3, -0.25) is 9.69 Å². The SMILES string of the molecule is COc1ccccc1OCC(=O)NCc1nc(CN2CCOCC2)cs1. The number of thiazole rings is 1. The fourth-order valence-electron chi connectivity index (χ4n) is 2.60. The van der Waals surface area contributed by atoms with Crippen molar-refractivity contribution >= 4 is 17.2 Å². The van der Waals surface area contributed by atoms with Gasteiger partial charge in [0.1, 0.15) is 5.01 Å². The Labute approximate surface area is 156 Å². The highest BCUT2D eigenvalue weighted by atomic mass is 32.1. The summed E-state index contributed by atoms with van der Waals surface area (Å²) in [5.74, 6) is 0.959. The van der Waals surface area contributed by atoms with Crippen LogP contribution in [0.4, 0.5) is 0 Å². The largest absolute Gasteiger partial charge is 0.493 e. The maximum atomic E-state index is 12.0. The maximum absolute atomic E-state index is 12.0. The van der Waals surface area contributed by atoms with Gasteiger partial charge in [0.25, 0.3) is 5.91 Å². The molecule has 1 amide bonds. The van der Waals surface area contributed by atoms with E-state index in [4.69, 9.17) is 14.2 Å². The Balaban J connectivity index is 1.41. The molecule has 0 atom stereocenters. The van der Waals surface area contributed by atoms with Crippen molar-refractivity contribution in [2.45, 2.75) is 13.1 Å². The number of benzene rings is 1. The highest BCUT2D eigenvalue weighted by molar-refractivity contribution is 7.09. The first-order valence-corrected chi connectivity index (χ1v) is 9.38. The van der Waals surface area contributed by atoms with Crippen LogP contribution in [0.5, 0.6) is 11.5 Å². The van der Waals surface area contributed by atoms with Crippen molar-refractivity contribution in [3.05, 3.63) is 40.3 Å². The topological polar surface area (TPSA) is 72.9 Å². The summed E-state index contributed by atoms with van der Waals surface area (Å²) in [4.78, 5) is 18.9. The van der Waals surface area contributed by atoms with Crippen LogP contribution in [-0.4, -0.2) is 55.8 Å². The lowest BCUT2D eigenvalue weighted by Gasteiger charge is -2.25. The van der Waals surface area contributed by atoms with Crippen molar-refractivity contribution in [2.75, 3.05) is 40.0 Å². The number of hydrogen-bond acceptors (Lipinski definition) is 7. The molecule has 0 radical (unpaired) electrons. The van der Waals surface area contributed by atoms with Crippen LogP contribution in [0.1, 0.15) is 10.7 Å². The van der Waals surface area contributed by atoms with Crippen LogP contribution < -0.4 is 14.8 Å². The summed E-state index contributed by atoms with van der Waals surface area (Å²) in [5, 5.41) is 5.77. The van der Waals surface area contributed by atoms with Crippen LogP contribution in [-0.2, 0) is 22.6 Å². The number of morpholine rings is 1. The van der Waals surface area contributed by atoms with E-state index < -0.39 is 0 Å². The minimum absolute atomic E-state index is 0.0631. The minimum atomic E-state index is -0.194. The number of para-hydroxylation sites is 2. The molecule has 1 N–H and O–H groups in total. The zero-order chi connectivity index (χ0) is 18.2. The number of amides is 1. The van der Waals surface area contributed by atoms with Crippen molar-refractivity contribution in [3.63, 3.8) is 0 Å². The molecule has 1 saturated heterocycles. The van der Waals surface area contributed by atoms with Gasteiger partial charge in [0, 0.05) is 25.0 Å². The minimum Gasteiger partial charge on any atom is -0.493 e. The van der Waals surface area contributed by atoms with E-state index in [1.54, 1.807) is 30.6 Å². The second kappa shape index (κ2) is 9.51. The van der Waals surface area contributed by atoms with Crippen LogP contribution in [0.3, 0.4) is 0 Å². The lowest BCUT2D eigenvalue weighted by atomic mass is 10.3. The third-order valence-corrected chi connectivity index (χ3v) is 4.85. The van der Waals surface area contributed by atoms with Crippen LogP contribution in [0.25, 0.3) is 0 Å². The maximum Gasteiger partial charge on any atom is 0.258 e. The number of carbonyl (C=O) groups is 1. The zero-order valence-corrected chi connectivity index (χ0v) is 15.6. The van der Waals surface area contributed by atoms with Crippen molar-refractivity contribution in [2.24, 2.45) is 0 Å². The Hall–Kier alpha value is -2.16. The number of aromatic nitrogens is 1. The standard InChI is InChI=1S/C18H23N3O4S/c1-23-15-4-2-3-5-16(15)25-12-17(22)19-10-18-20-14(13-26-18)11-21-6-8-24-9-7-21/h2-5,13H,6-12H2,1H3,(H,19,22). The first-order valence-electron chi connectivity index (χ1n) is 8.50. The average Bonchev–Trinajstić information content (AvgIpc) is 3.13. The van der Waals surface area contributed by atoms with Crippen LogP contribution in [0.2, 0.25) is 0 Å². The van der Waals surface area contributed by atoms with Gasteiger partial charge in [0.15, 0.2) is 18.1 Å². The molecule has 8 heteroatoms. The predicted molar refractivity (Wildman–Crippen MR) is 98.5 cm³/mol. The lowest BCUT2D eigenvalue weighted by molar-refractivity contribution is -0.123. The molecule has 1 fully saturated rings. The summed E-state index contributed by atoms with van der Waals surface area (Å²) < 4.78 is 16.1. The van der Waals surface area contributed by atoms with E-state index in [9.17, 15) is 4.79 Å². The highest BCUT2D eigenvalue weighted by Gasteiger charge is 2.13. The summed E-state index contributed by atoms with van der Waals surface area (Å²) >= 11 is 1.56. The van der Waals surface area contributed by atoms with Gasteiger partial charge >= 0.3 is 0 Å². The van der Waals surface area contributed by atoms with Crippen molar-refractivity contribution < 1.29 is 19.0 Å². The first-order chi connectivity index (χ1) is 12.7. The van der Waals surface area contributed by atoms with Gasteiger partial charge < -0.3 is 19.5 Å². The molecule has 3 rings (SSSR count). The van der Waals surface area contributed by atoms with E-state index in [1.165, 1.54) is 0 Å². The number of carbonyl (C=O) groups excluding carboxylic acids is 1. The molecule has 7 nitrogen and oxygen atoms in total. The molecule has 0 aliphatic carbocycles. The number of nitrogens with zero attached hydrogens (tertiary/aromatic N) is 2. The van der Waals surface area contributed by atoms with E-state index in [0.29, 0.717) is 18.0 Å². The van der Waals surface area contributed by atoms with E-state index in [2.05, 4.69) is 15.2 Å². The fraction of sp³-hybridized carbons (Fsp3) is 0.444. The molecular formula is C18H23N3O4S. The molecule has 0 saturated carbocycles. The summed E-state index contributed by atoms with van der Waals surface area (Å²) in [6.07, 6.45) is 0. The van der Waals surface area contributed by atoms with Crippen LogP contribution in [0, 0.1) is 0 Å². The molecule has 1 aromatic carbocycles. The van der Waals surface area contributed by atoms with E-state index >= 15 is 0 Å². The molecule has 0 unspecified atom stereocenters. The smallest absolute Gasteiger partial charge is 0.258 e. The van der Waals surface area contributed by atoms with E-state index in [0.717, 1.165) is 43.5 Å². The Kier molecular flexibility index (Phi) is 6.82. The van der Waals surface area contributed by atoms with Crippen molar-refractivity contribution in [1.82, 2.24) is 15.2 Å². The van der Waals surface area contributed by atoms with Gasteiger partial charge in [-0.05, 0) is 12.1 Å². The molecular weight excluding hydrogens is 354 g/mol. The van der Waals surface area contributed by atoms with Crippen LogP contribution in [0.15, 0.2) is 29.6 Å². The number of nitrogens with one attached hydrogen (secondary N) is 1. The molecule has 1 aliphatic rings. The molecule has 2 heterocycles. The summed E-state index contributed by atoms with van der Waals surface area (Å²) in [6, 6.07) is 7.24. The zero-order valence-electron chi connectivity index (χ0n) is 14.8. The number of ether oxygens (including phenoxy) is 3. The summed E-state index contributed by atoms with van der Waals surface area (Å²) in [7, 11) is 1.57. The molecule has 1 aliphatic heterocycles. The van der Waals surface area contributed by atoms with Gasteiger partial charge in [-0.25, -0.2) is 4.98 Å². The summed E-state index contributed by atoms with van der Waals surface area (Å²) in [5.41, 5.74) is 1.03. The summed E-state index contributed by atoms with van der Waals surface area (Å²) in [6.45, 7) is 4.59. The average molecular weight is 377 g/mol. The molecule has 1 aromatic heterocycles. The van der Waals surface area contributed by atoms with Gasteiger partial charge in [0.2, 0.25) is 0 Å². The first kappa shape index (κ1) is 18.6. The lowest BCUT2D eigenvalue weighted by Crippen LogP contribution is -2.35. The number of methoxy groups -OCH3 is 1. The van der Waals surface area contributed by atoms with Crippen LogP contribution >= 0.6 is 11.3 Å².